The summed E-state index contributed by atoms with van der Waals surface area (Å²) in [6.45, 7) is 0.367. The number of carbonyl (C=O) groups is 3. The molecule has 3 aromatic carbocycles. The Balaban J connectivity index is 1.66. The van der Waals surface area contributed by atoms with Gasteiger partial charge in [-0.25, -0.2) is 9.59 Å². The second-order valence-corrected chi connectivity index (χ2v) is 7.77. The van der Waals surface area contributed by atoms with Crippen LogP contribution in [0.15, 0.2) is 84.9 Å². The van der Waals surface area contributed by atoms with Gasteiger partial charge in [0.05, 0.1) is 0 Å². The molecule has 180 valence electrons. The molecule has 0 spiro atoms. The maximum absolute atomic E-state index is 13.0. The molecule has 8 nitrogen and oxygen atoms in total. The fourth-order valence-electron chi connectivity index (χ4n) is 3.43. The quantitative estimate of drug-likeness (QED) is 0.280. The molecule has 1 atom stereocenters. The molecular weight excluding hydrogens is 444 g/mol. The van der Waals surface area contributed by atoms with Crippen LogP contribution in [0.2, 0.25) is 0 Å². The lowest BCUT2D eigenvalue weighted by molar-refractivity contribution is -0.131. The van der Waals surface area contributed by atoms with Crippen molar-refractivity contribution in [1.29, 1.82) is 0 Å². The SMILES string of the molecule is NCCC[C@H](NC(=O)Nc1ccc(-c2ccccc2)cc1)C(=O)Nc1ccccc1C=CC(=O)O. The fourth-order valence-corrected chi connectivity index (χ4v) is 3.43. The summed E-state index contributed by atoms with van der Waals surface area (Å²) in [5, 5.41) is 17.1. The number of anilines is 2. The Morgan fingerprint density at radius 2 is 1.51 bits per heavy atom. The molecule has 8 heteroatoms. The molecule has 0 fully saturated rings. The van der Waals surface area contributed by atoms with Crippen molar-refractivity contribution in [2.75, 3.05) is 17.2 Å². The van der Waals surface area contributed by atoms with E-state index in [1.165, 1.54) is 6.08 Å². The number of nitrogens with one attached hydrogen (secondary N) is 3. The number of hydrogen-bond donors (Lipinski definition) is 5. The Kier molecular flexibility index (Phi) is 9.15. The molecular formula is C27H28N4O4. The molecule has 0 heterocycles. The van der Waals surface area contributed by atoms with Crippen LogP contribution in [0.1, 0.15) is 18.4 Å². The molecule has 0 radical (unpaired) electrons. The Labute approximate surface area is 203 Å². The summed E-state index contributed by atoms with van der Waals surface area (Å²) in [6, 6.07) is 22.7. The van der Waals surface area contributed by atoms with Crippen molar-refractivity contribution in [3.8, 4) is 11.1 Å². The highest BCUT2D eigenvalue weighted by Gasteiger charge is 2.21. The lowest BCUT2D eigenvalue weighted by atomic mass is 10.1. The molecule has 0 aromatic heterocycles. The van der Waals surface area contributed by atoms with Crippen LogP contribution in [-0.2, 0) is 9.59 Å². The number of nitrogens with two attached hydrogens (primary N) is 1. The first-order chi connectivity index (χ1) is 17.0. The van der Waals surface area contributed by atoms with E-state index in [-0.39, 0.29) is 0 Å². The van der Waals surface area contributed by atoms with E-state index in [0.717, 1.165) is 17.2 Å². The molecule has 0 aliphatic rings. The standard InChI is InChI=1S/C27H28N4O4/c28-18-6-11-24(26(34)30-23-10-5-4-9-21(23)14-17-25(32)33)31-27(35)29-22-15-12-20(13-16-22)19-7-2-1-3-8-19/h1-5,7-10,12-17,24H,6,11,18,28H2,(H,30,34)(H,32,33)(H2,29,31,35)/t24-/m0/s1. The third kappa shape index (κ3) is 7.83. The number of urea groups is 1. The minimum atomic E-state index is -1.10. The number of carboxylic acid groups (broad SMARTS) is 1. The minimum Gasteiger partial charge on any atom is -0.478 e. The fraction of sp³-hybridized carbons (Fsp3) is 0.148. The van der Waals surface area contributed by atoms with E-state index in [1.54, 1.807) is 36.4 Å². The van der Waals surface area contributed by atoms with E-state index in [9.17, 15) is 14.4 Å². The second kappa shape index (κ2) is 12.7. The van der Waals surface area contributed by atoms with Crippen LogP contribution in [0.25, 0.3) is 17.2 Å². The summed E-state index contributed by atoms with van der Waals surface area (Å²) >= 11 is 0. The highest BCUT2D eigenvalue weighted by molar-refractivity contribution is 6.00. The van der Waals surface area contributed by atoms with E-state index < -0.39 is 23.9 Å². The Hall–Kier alpha value is -4.43. The van der Waals surface area contributed by atoms with E-state index in [2.05, 4.69) is 16.0 Å². The van der Waals surface area contributed by atoms with Crippen molar-refractivity contribution in [3.05, 3.63) is 90.5 Å². The van der Waals surface area contributed by atoms with E-state index in [4.69, 9.17) is 10.8 Å². The number of carbonyl (C=O) groups excluding carboxylic acids is 2. The zero-order valence-electron chi connectivity index (χ0n) is 19.1. The normalized spacial score (nSPS) is 11.6. The van der Waals surface area contributed by atoms with Gasteiger partial charge in [-0.15, -0.1) is 0 Å². The van der Waals surface area contributed by atoms with Gasteiger partial charge in [0, 0.05) is 17.5 Å². The van der Waals surface area contributed by atoms with Crippen LogP contribution >= 0.6 is 0 Å². The lowest BCUT2D eigenvalue weighted by Gasteiger charge is -2.19. The number of rotatable bonds is 10. The van der Waals surface area contributed by atoms with Crippen LogP contribution in [0.5, 0.6) is 0 Å². The highest BCUT2D eigenvalue weighted by Crippen LogP contribution is 2.21. The van der Waals surface area contributed by atoms with Crippen LogP contribution in [-0.4, -0.2) is 35.6 Å². The predicted octanol–water partition coefficient (Wildman–Crippen LogP) is 4.32. The highest BCUT2D eigenvalue weighted by atomic mass is 16.4. The van der Waals surface area contributed by atoms with Crippen LogP contribution < -0.4 is 21.7 Å². The van der Waals surface area contributed by atoms with E-state index >= 15 is 0 Å². The average Bonchev–Trinajstić information content (AvgIpc) is 2.87. The molecule has 35 heavy (non-hydrogen) atoms. The molecule has 3 rings (SSSR count). The first kappa shape index (κ1) is 25.2. The summed E-state index contributed by atoms with van der Waals surface area (Å²) < 4.78 is 0. The first-order valence-corrected chi connectivity index (χ1v) is 11.2. The number of para-hydroxylation sites is 1. The molecule has 0 saturated carbocycles. The van der Waals surface area contributed by atoms with Gasteiger partial charge in [-0.05, 0) is 60.4 Å². The topological polar surface area (TPSA) is 134 Å². The third-order valence-electron chi connectivity index (χ3n) is 5.19. The van der Waals surface area contributed by atoms with Gasteiger partial charge in [-0.1, -0.05) is 60.7 Å². The molecule has 3 amide bonds. The zero-order chi connectivity index (χ0) is 25.0. The second-order valence-electron chi connectivity index (χ2n) is 7.77. The van der Waals surface area contributed by atoms with E-state index in [1.807, 2.05) is 42.5 Å². The molecule has 0 bridgehead atoms. The monoisotopic (exact) mass is 472 g/mol. The average molecular weight is 473 g/mol. The number of hydrogen-bond acceptors (Lipinski definition) is 4. The zero-order valence-corrected chi connectivity index (χ0v) is 19.1. The van der Waals surface area contributed by atoms with E-state index in [0.29, 0.717) is 36.3 Å². The molecule has 6 N–H and O–H groups in total. The molecule has 0 aliphatic carbocycles. The van der Waals surface area contributed by atoms with Crippen LogP contribution in [0.4, 0.5) is 16.2 Å². The van der Waals surface area contributed by atoms with Crippen molar-refractivity contribution in [3.63, 3.8) is 0 Å². The van der Waals surface area contributed by atoms with Crippen molar-refractivity contribution >= 4 is 35.4 Å². The third-order valence-corrected chi connectivity index (χ3v) is 5.19. The van der Waals surface area contributed by atoms with Gasteiger partial charge < -0.3 is 26.8 Å². The van der Waals surface area contributed by atoms with Gasteiger partial charge in [0.1, 0.15) is 6.04 Å². The number of amides is 3. The summed E-state index contributed by atoms with van der Waals surface area (Å²) in [5.41, 5.74) is 9.26. The van der Waals surface area contributed by atoms with Gasteiger partial charge >= 0.3 is 12.0 Å². The minimum absolute atomic E-state index is 0.343. The predicted molar refractivity (Wildman–Crippen MR) is 138 cm³/mol. The van der Waals surface area contributed by atoms with Crippen molar-refractivity contribution in [2.24, 2.45) is 5.73 Å². The van der Waals surface area contributed by atoms with Gasteiger partial charge in [-0.2, -0.15) is 0 Å². The van der Waals surface area contributed by atoms with Crippen LogP contribution in [0.3, 0.4) is 0 Å². The molecule has 0 unspecified atom stereocenters. The summed E-state index contributed by atoms with van der Waals surface area (Å²) in [4.78, 5) is 36.5. The maximum atomic E-state index is 13.0. The van der Waals surface area contributed by atoms with Gasteiger partial charge in [0.15, 0.2) is 0 Å². The maximum Gasteiger partial charge on any atom is 0.328 e. The number of carboxylic acids is 1. The Morgan fingerprint density at radius 1 is 0.857 bits per heavy atom. The van der Waals surface area contributed by atoms with Crippen molar-refractivity contribution in [1.82, 2.24) is 5.32 Å². The lowest BCUT2D eigenvalue weighted by Crippen LogP contribution is -2.45. The largest absolute Gasteiger partial charge is 0.478 e. The molecule has 0 saturated heterocycles. The van der Waals surface area contributed by atoms with Crippen molar-refractivity contribution < 1.29 is 19.5 Å². The van der Waals surface area contributed by atoms with Gasteiger partial charge in [-0.3, -0.25) is 4.79 Å². The Morgan fingerprint density at radius 3 is 2.20 bits per heavy atom. The molecule has 0 aliphatic heterocycles. The number of aliphatic carboxylic acids is 1. The van der Waals surface area contributed by atoms with Gasteiger partial charge in [0.2, 0.25) is 5.91 Å². The molecule has 3 aromatic rings. The number of benzene rings is 3. The van der Waals surface area contributed by atoms with Crippen molar-refractivity contribution in [2.45, 2.75) is 18.9 Å². The first-order valence-electron chi connectivity index (χ1n) is 11.2. The van der Waals surface area contributed by atoms with Crippen LogP contribution in [0, 0.1) is 0 Å². The Bertz CT molecular complexity index is 1180. The summed E-state index contributed by atoms with van der Waals surface area (Å²) in [6.07, 6.45) is 3.26. The van der Waals surface area contributed by atoms with Gasteiger partial charge in [0.25, 0.3) is 0 Å². The smallest absolute Gasteiger partial charge is 0.328 e. The summed E-state index contributed by atoms with van der Waals surface area (Å²) in [5.74, 6) is -1.52. The summed E-state index contributed by atoms with van der Waals surface area (Å²) in [7, 11) is 0.